The molecule has 0 heterocycles. The zero-order valence-electron chi connectivity index (χ0n) is 9.37. The lowest BCUT2D eigenvalue weighted by Crippen LogP contribution is -2.03. The van der Waals surface area contributed by atoms with Gasteiger partial charge in [0.25, 0.3) is 0 Å². The minimum atomic E-state index is -0.976. The van der Waals surface area contributed by atoms with E-state index in [0.29, 0.717) is 0 Å². The van der Waals surface area contributed by atoms with Crippen LogP contribution in [-0.4, -0.2) is 12.3 Å². The molecule has 92 valence electrons. The quantitative estimate of drug-likeness (QED) is 0.655. The molecule has 0 bridgehead atoms. The predicted octanol–water partition coefficient (Wildman–Crippen LogP) is 2.18. The number of ether oxygens (including phenoxy) is 1. The van der Waals surface area contributed by atoms with Crippen LogP contribution < -0.4 is 10.2 Å². The molecule has 0 amide bonds. The van der Waals surface area contributed by atoms with E-state index in [2.05, 4.69) is 10.5 Å². The first-order valence-electron chi connectivity index (χ1n) is 4.88. The summed E-state index contributed by atoms with van der Waals surface area (Å²) < 4.78 is 31.7. The van der Waals surface area contributed by atoms with E-state index in [9.17, 15) is 8.78 Å². The van der Waals surface area contributed by atoms with Crippen molar-refractivity contribution in [1.82, 2.24) is 0 Å². The second-order valence-corrected chi connectivity index (χ2v) is 2.97. The molecule has 0 spiro atoms. The molecule has 0 aliphatic heterocycles. The third-order valence-electron chi connectivity index (χ3n) is 1.84. The molecule has 0 aliphatic carbocycles. The summed E-state index contributed by atoms with van der Waals surface area (Å²) in [5.41, 5.74) is 1.50. The van der Waals surface area contributed by atoms with Crippen molar-refractivity contribution in [2.75, 3.05) is 12.0 Å². The third kappa shape index (κ3) is 2.92. The normalized spacial score (nSPS) is 8.94. The van der Waals surface area contributed by atoms with Crippen molar-refractivity contribution < 1.29 is 13.5 Å². The zero-order valence-corrected chi connectivity index (χ0v) is 9.37. The van der Waals surface area contributed by atoms with Gasteiger partial charge in [0.1, 0.15) is 12.1 Å². The first kappa shape index (κ1) is 13.4. The molecule has 1 N–H and O–H groups in total. The van der Waals surface area contributed by atoms with Gasteiger partial charge in [-0.2, -0.15) is 15.6 Å². The van der Waals surface area contributed by atoms with Crippen LogP contribution in [0.5, 0.6) is 5.75 Å². The van der Waals surface area contributed by atoms with Gasteiger partial charge in [-0.15, -0.1) is 0 Å². The monoisotopic (exact) mass is 250 g/mol. The number of benzene rings is 1. The van der Waals surface area contributed by atoms with Crippen LogP contribution in [0.4, 0.5) is 14.5 Å². The molecule has 1 aromatic rings. The van der Waals surface area contributed by atoms with Gasteiger partial charge in [0.15, 0.2) is 17.4 Å². The van der Waals surface area contributed by atoms with E-state index < -0.39 is 23.1 Å². The van der Waals surface area contributed by atoms with Gasteiger partial charge in [0, 0.05) is 0 Å². The maximum atomic E-state index is 13.7. The molecule has 5 nitrogen and oxygen atoms in total. The number of nitrogens with zero attached hydrogens (tertiary/aromatic N) is 3. The number of nitrogens with one attached hydrogen (secondary N) is 1. The number of hydrogen-bond acceptors (Lipinski definition) is 5. The molecular formula is C11H8F2N4O. The molecule has 0 saturated carbocycles. The number of nitriles is 2. The minimum Gasteiger partial charge on any atom is -0.488 e. The molecule has 0 atom stereocenters. The van der Waals surface area contributed by atoms with E-state index in [1.807, 2.05) is 0 Å². The largest absolute Gasteiger partial charge is 0.488 e. The van der Waals surface area contributed by atoms with Crippen LogP contribution in [0.3, 0.4) is 0 Å². The number of hydrogen-bond donors (Lipinski definition) is 1. The zero-order chi connectivity index (χ0) is 13.5. The van der Waals surface area contributed by atoms with Gasteiger partial charge in [0.2, 0.25) is 5.71 Å². The molecule has 0 saturated heterocycles. The van der Waals surface area contributed by atoms with Gasteiger partial charge in [-0.05, 0) is 19.1 Å². The lowest BCUT2D eigenvalue weighted by molar-refractivity contribution is 0.303. The maximum absolute atomic E-state index is 13.7. The van der Waals surface area contributed by atoms with Gasteiger partial charge >= 0.3 is 0 Å². The maximum Gasteiger partial charge on any atom is 0.237 e. The van der Waals surface area contributed by atoms with Crippen molar-refractivity contribution in [3.63, 3.8) is 0 Å². The molecule has 1 aromatic carbocycles. The topological polar surface area (TPSA) is 81.2 Å². The first-order valence-corrected chi connectivity index (χ1v) is 4.88. The Morgan fingerprint density at radius 3 is 2.61 bits per heavy atom. The summed E-state index contributed by atoms with van der Waals surface area (Å²) in [4.78, 5) is 0. The number of anilines is 1. The Kier molecular flexibility index (Phi) is 4.58. The minimum absolute atomic E-state index is 0.0994. The smallest absolute Gasteiger partial charge is 0.237 e. The molecule has 0 unspecified atom stereocenters. The highest BCUT2D eigenvalue weighted by Crippen LogP contribution is 2.27. The Morgan fingerprint density at radius 2 is 2.06 bits per heavy atom. The van der Waals surface area contributed by atoms with Crippen LogP contribution in [0.1, 0.15) is 6.92 Å². The fourth-order valence-corrected chi connectivity index (χ4v) is 1.09. The fourth-order valence-electron chi connectivity index (χ4n) is 1.09. The number of rotatable bonds is 4. The Bertz CT molecular complexity index is 541. The summed E-state index contributed by atoms with van der Waals surface area (Å²) >= 11 is 0. The third-order valence-corrected chi connectivity index (χ3v) is 1.84. The fraction of sp³-hybridized carbons (Fsp3) is 0.182. The van der Waals surface area contributed by atoms with Gasteiger partial charge in [0.05, 0.1) is 12.3 Å². The Balaban J connectivity index is 3.06. The summed E-state index contributed by atoms with van der Waals surface area (Å²) in [6.07, 6.45) is 0. The first-order chi connectivity index (χ1) is 8.63. The molecule has 0 radical (unpaired) electrons. The van der Waals surface area contributed by atoms with Crippen LogP contribution in [0.25, 0.3) is 0 Å². The average Bonchev–Trinajstić information content (AvgIpc) is 2.38. The van der Waals surface area contributed by atoms with Crippen LogP contribution in [0.15, 0.2) is 17.2 Å². The summed E-state index contributed by atoms with van der Waals surface area (Å²) in [5, 5.41) is 20.2. The average molecular weight is 250 g/mol. The van der Waals surface area contributed by atoms with E-state index >= 15 is 0 Å². The molecule has 18 heavy (non-hydrogen) atoms. The molecule has 7 heteroatoms. The highest BCUT2D eigenvalue weighted by molar-refractivity contribution is 6.10. The van der Waals surface area contributed by atoms with Crippen LogP contribution >= 0.6 is 0 Å². The Labute approximate surface area is 102 Å². The molecular weight excluding hydrogens is 242 g/mol. The van der Waals surface area contributed by atoms with Gasteiger partial charge in [-0.1, -0.05) is 0 Å². The second-order valence-electron chi connectivity index (χ2n) is 2.97. The van der Waals surface area contributed by atoms with E-state index in [-0.39, 0.29) is 12.3 Å². The summed E-state index contributed by atoms with van der Waals surface area (Å²) in [6.45, 7) is 1.68. The van der Waals surface area contributed by atoms with E-state index in [1.165, 1.54) is 12.1 Å². The van der Waals surface area contributed by atoms with Crippen molar-refractivity contribution in [2.45, 2.75) is 6.92 Å². The summed E-state index contributed by atoms with van der Waals surface area (Å²) in [7, 11) is 0. The number of halogens is 2. The second kappa shape index (κ2) is 6.16. The Morgan fingerprint density at radius 1 is 1.39 bits per heavy atom. The van der Waals surface area contributed by atoms with Gasteiger partial charge < -0.3 is 4.74 Å². The van der Waals surface area contributed by atoms with E-state index in [0.717, 1.165) is 12.1 Å². The van der Waals surface area contributed by atoms with Crippen LogP contribution in [-0.2, 0) is 0 Å². The molecule has 0 aromatic heterocycles. The van der Waals surface area contributed by atoms with E-state index in [4.69, 9.17) is 15.3 Å². The van der Waals surface area contributed by atoms with Crippen molar-refractivity contribution >= 4 is 11.4 Å². The van der Waals surface area contributed by atoms with Crippen molar-refractivity contribution in [1.29, 1.82) is 10.5 Å². The predicted molar refractivity (Wildman–Crippen MR) is 59.8 cm³/mol. The highest BCUT2D eigenvalue weighted by atomic mass is 19.1. The summed E-state index contributed by atoms with van der Waals surface area (Å²) in [6, 6.07) is 5.06. The van der Waals surface area contributed by atoms with Crippen LogP contribution in [0, 0.1) is 34.3 Å². The van der Waals surface area contributed by atoms with Crippen molar-refractivity contribution in [3.05, 3.63) is 23.8 Å². The van der Waals surface area contributed by atoms with Crippen LogP contribution in [0.2, 0.25) is 0 Å². The molecule has 1 rings (SSSR count). The standard InChI is InChI=1S/C11H8F2N4O/c1-2-18-11-8(12)3-4-9(10(11)13)17-16-7(5-14)6-15/h3-4,17H,2H2,1H3. The highest BCUT2D eigenvalue weighted by Gasteiger charge is 2.14. The SMILES string of the molecule is CCOc1c(F)ccc(NN=C(C#N)C#N)c1F. The van der Waals surface area contributed by atoms with Gasteiger partial charge in [-0.3, -0.25) is 5.43 Å². The molecule has 0 aliphatic rings. The Hall–Kier alpha value is -2.67. The summed E-state index contributed by atoms with van der Waals surface area (Å²) in [5.74, 6) is -2.35. The van der Waals surface area contributed by atoms with E-state index in [1.54, 1.807) is 6.92 Å². The van der Waals surface area contributed by atoms with Crippen molar-refractivity contribution in [2.24, 2.45) is 5.10 Å². The lowest BCUT2D eigenvalue weighted by Gasteiger charge is -2.09. The van der Waals surface area contributed by atoms with Gasteiger partial charge in [-0.25, -0.2) is 8.78 Å². The molecule has 0 fully saturated rings. The number of hydrazone groups is 1. The lowest BCUT2D eigenvalue weighted by atomic mass is 10.3. The van der Waals surface area contributed by atoms with Crippen molar-refractivity contribution in [3.8, 4) is 17.9 Å².